The predicted octanol–water partition coefficient (Wildman–Crippen LogP) is 2.88. The lowest BCUT2D eigenvalue weighted by Crippen LogP contribution is -2.08. The maximum Gasteiger partial charge on any atom is 0.258 e. The predicted molar refractivity (Wildman–Crippen MR) is 84.8 cm³/mol. The Balaban J connectivity index is 2.31. The fourth-order valence-corrected chi connectivity index (χ4v) is 3.29. The number of hydrogen-bond acceptors (Lipinski definition) is 6. The second-order valence-corrected chi connectivity index (χ2v) is 6.11. The van der Waals surface area contributed by atoms with E-state index in [0.29, 0.717) is 20.6 Å². The van der Waals surface area contributed by atoms with Crippen molar-refractivity contribution < 1.29 is 9.90 Å². The van der Waals surface area contributed by atoms with Gasteiger partial charge in [0.2, 0.25) is 0 Å². The number of aromatic nitrogens is 2. The van der Waals surface area contributed by atoms with Crippen LogP contribution in [0.5, 0.6) is 5.75 Å². The van der Waals surface area contributed by atoms with E-state index in [-0.39, 0.29) is 5.75 Å². The van der Waals surface area contributed by atoms with Crippen molar-refractivity contribution in [2.24, 2.45) is 5.73 Å². The SMILES string of the molecule is CSc1nc(-c2cccc(O)c2)c2cc(C(N)=O)sc2n1. The van der Waals surface area contributed by atoms with Crippen LogP contribution in [0.4, 0.5) is 0 Å². The quantitative estimate of drug-likeness (QED) is 0.573. The van der Waals surface area contributed by atoms with E-state index in [0.717, 1.165) is 10.9 Å². The Kier molecular flexibility index (Phi) is 3.52. The van der Waals surface area contributed by atoms with Gasteiger partial charge in [-0.1, -0.05) is 23.9 Å². The molecule has 0 radical (unpaired) electrons. The van der Waals surface area contributed by atoms with E-state index in [9.17, 15) is 9.90 Å². The van der Waals surface area contributed by atoms with Gasteiger partial charge in [-0.25, -0.2) is 9.97 Å². The minimum absolute atomic E-state index is 0.162. The summed E-state index contributed by atoms with van der Waals surface area (Å²) in [6, 6.07) is 8.53. The number of thiophene rings is 1. The van der Waals surface area contributed by atoms with Crippen LogP contribution in [0, 0.1) is 0 Å². The average molecular weight is 317 g/mol. The zero-order valence-electron chi connectivity index (χ0n) is 11.0. The van der Waals surface area contributed by atoms with Crippen molar-refractivity contribution in [3.63, 3.8) is 0 Å². The lowest BCUT2D eigenvalue weighted by atomic mass is 10.1. The van der Waals surface area contributed by atoms with Gasteiger partial charge < -0.3 is 10.8 Å². The number of benzene rings is 1. The first kappa shape index (κ1) is 13.8. The topological polar surface area (TPSA) is 89.1 Å². The Morgan fingerprint density at radius 3 is 2.81 bits per heavy atom. The Morgan fingerprint density at radius 2 is 2.14 bits per heavy atom. The Hall–Kier alpha value is -2.12. The molecule has 0 aliphatic heterocycles. The van der Waals surface area contributed by atoms with Gasteiger partial charge in [-0.2, -0.15) is 0 Å². The van der Waals surface area contributed by atoms with Gasteiger partial charge in [0.05, 0.1) is 10.6 Å². The van der Waals surface area contributed by atoms with Gasteiger partial charge >= 0.3 is 0 Å². The molecule has 1 amide bonds. The molecule has 0 saturated carbocycles. The van der Waals surface area contributed by atoms with Crippen molar-refractivity contribution in [1.29, 1.82) is 0 Å². The number of rotatable bonds is 3. The molecule has 5 nitrogen and oxygen atoms in total. The third-order valence-corrected chi connectivity index (χ3v) is 4.51. The number of nitrogens with two attached hydrogens (primary N) is 1. The summed E-state index contributed by atoms with van der Waals surface area (Å²) in [5.41, 5.74) is 6.79. The maximum absolute atomic E-state index is 11.4. The Morgan fingerprint density at radius 1 is 1.33 bits per heavy atom. The van der Waals surface area contributed by atoms with Gasteiger partial charge in [-0.3, -0.25) is 4.79 Å². The van der Waals surface area contributed by atoms with Gasteiger partial charge in [0.25, 0.3) is 5.91 Å². The molecule has 2 heterocycles. The van der Waals surface area contributed by atoms with Gasteiger partial charge in [0.15, 0.2) is 5.16 Å². The molecule has 3 rings (SSSR count). The van der Waals surface area contributed by atoms with E-state index in [1.54, 1.807) is 24.3 Å². The molecule has 0 aliphatic rings. The number of fused-ring (bicyclic) bond motifs is 1. The fourth-order valence-electron chi connectivity index (χ4n) is 1.99. The lowest BCUT2D eigenvalue weighted by molar-refractivity contribution is 0.100. The molecule has 3 N–H and O–H groups in total. The van der Waals surface area contributed by atoms with Crippen molar-refractivity contribution in [3.8, 4) is 17.0 Å². The summed E-state index contributed by atoms with van der Waals surface area (Å²) in [6.07, 6.45) is 1.88. The molecule has 7 heteroatoms. The molecule has 2 aromatic heterocycles. The molecule has 0 aliphatic carbocycles. The highest BCUT2D eigenvalue weighted by atomic mass is 32.2. The summed E-state index contributed by atoms with van der Waals surface area (Å²) in [4.78, 5) is 21.4. The van der Waals surface area contributed by atoms with Crippen LogP contribution in [0.3, 0.4) is 0 Å². The molecular formula is C14H11N3O2S2. The van der Waals surface area contributed by atoms with E-state index in [1.165, 1.54) is 23.1 Å². The summed E-state index contributed by atoms with van der Waals surface area (Å²) >= 11 is 2.67. The summed E-state index contributed by atoms with van der Waals surface area (Å²) in [7, 11) is 0. The molecule has 0 unspecified atom stereocenters. The van der Waals surface area contributed by atoms with E-state index in [4.69, 9.17) is 5.73 Å². The summed E-state index contributed by atoms with van der Waals surface area (Å²) in [5.74, 6) is -0.319. The molecule has 3 aromatic rings. The van der Waals surface area contributed by atoms with Crippen molar-refractivity contribution in [3.05, 3.63) is 35.2 Å². The number of aromatic hydroxyl groups is 1. The number of amides is 1. The molecule has 0 spiro atoms. The van der Waals surface area contributed by atoms with Gasteiger partial charge in [0.1, 0.15) is 10.6 Å². The molecular weight excluding hydrogens is 306 g/mol. The van der Waals surface area contributed by atoms with Crippen LogP contribution in [0.25, 0.3) is 21.5 Å². The summed E-state index contributed by atoms with van der Waals surface area (Å²) in [6.45, 7) is 0. The zero-order valence-corrected chi connectivity index (χ0v) is 12.7. The highest BCUT2D eigenvalue weighted by molar-refractivity contribution is 7.98. The lowest BCUT2D eigenvalue weighted by Gasteiger charge is -2.05. The monoisotopic (exact) mass is 317 g/mol. The van der Waals surface area contributed by atoms with Crippen LogP contribution in [0.15, 0.2) is 35.5 Å². The van der Waals surface area contributed by atoms with Crippen LogP contribution in [0.2, 0.25) is 0 Å². The Bertz CT molecular complexity index is 845. The van der Waals surface area contributed by atoms with Gasteiger partial charge in [-0.15, -0.1) is 11.3 Å². The molecule has 0 fully saturated rings. The van der Waals surface area contributed by atoms with Crippen LogP contribution >= 0.6 is 23.1 Å². The van der Waals surface area contributed by atoms with Crippen molar-refractivity contribution in [2.45, 2.75) is 5.16 Å². The first-order valence-corrected chi connectivity index (χ1v) is 8.07. The van der Waals surface area contributed by atoms with Gasteiger partial charge in [-0.05, 0) is 24.5 Å². The number of carbonyl (C=O) groups is 1. The fraction of sp³-hybridized carbons (Fsp3) is 0.0714. The standard InChI is InChI=1S/C14H11N3O2S2/c1-20-14-16-11(7-3-2-4-8(18)5-7)9-6-10(12(15)19)21-13(9)17-14/h2-6,18H,1H3,(H2,15,19). The third-order valence-electron chi connectivity index (χ3n) is 2.92. The Labute approximate surface area is 128 Å². The van der Waals surface area contributed by atoms with Crippen LogP contribution in [-0.2, 0) is 0 Å². The summed E-state index contributed by atoms with van der Waals surface area (Å²) < 4.78 is 0. The number of hydrogen-bond donors (Lipinski definition) is 2. The van der Waals surface area contributed by atoms with E-state index in [1.807, 2.05) is 12.3 Å². The molecule has 21 heavy (non-hydrogen) atoms. The average Bonchev–Trinajstić information content (AvgIpc) is 2.90. The number of primary amides is 1. The third kappa shape index (κ3) is 2.57. The molecule has 106 valence electrons. The van der Waals surface area contributed by atoms with E-state index >= 15 is 0 Å². The van der Waals surface area contributed by atoms with Gasteiger partial charge in [0, 0.05) is 10.9 Å². The molecule has 0 atom stereocenters. The molecule has 0 bridgehead atoms. The second kappa shape index (κ2) is 5.34. The zero-order chi connectivity index (χ0) is 15.0. The first-order chi connectivity index (χ1) is 10.1. The molecule has 0 saturated heterocycles. The van der Waals surface area contributed by atoms with Crippen LogP contribution in [-0.4, -0.2) is 27.2 Å². The van der Waals surface area contributed by atoms with E-state index in [2.05, 4.69) is 9.97 Å². The minimum atomic E-state index is -0.481. The maximum atomic E-state index is 11.4. The number of nitrogens with zero attached hydrogens (tertiary/aromatic N) is 2. The van der Waals surface area contributed by atoms with Crippen molar-refractivity contribution >= 4 is 39.2 Å². The first-order valence-electron chi connectivity index (χ1n) is 6.03. The normalized spacial score (nSPS) is 10.9. The smallest absolute Gasteiger partial charge is 0.258 e. The largest absolute Gasteiger partial charge is 0.508 e. The highest BCUT2D eigenvalue weighted by Gasteiger charge is 2.15. The number of carbonyl (C=O) groups excluding carboxylic acids is 1. The number of phenolic OH excluding ortho intramolecular Hbond substituents is 1. The van der Waals surface area contributed by atoms with Crippen molar-refractivity contribution in [2.75, 3.05) is 6.26 Å². The minimum Gasteiger partial charge on any atom is -0.508 e. The number of phenols is 1. The number of thioether (sulfide) groups is 1. The highest BCUT2D eigenvalue weighted by Crippen LogP contribution is 2.34. The van der Waals surface area contributed by atoms with Crippen molar-refractivity contribution in [1.82, 2.24) is 9.97 Å². The van der Waals surface area contributed by atoms with E-state index < -0.39 is 5.91 Å². The van der Waals surface area contributed by atoms with Crippen LogP contribution < -0.4 is 5.73 Å². The van der Waals surface area contributed by atoms with Crippen LogP contribution in [0.1, 0.15) is 9.67 Å². The molecule has 1 aromatic carbocycles. The summed E-state index contributed by atoms with van der Waals surface area (Å²) in [5, 5.41) is 11.0. The second-order valence-electron chi connectivity index (χ2n) is 4.30.